The fourth-order valence-corrected chi connectivity index (χ4v) is 7.86. The predicted octanol–water partition coefficient (Wildman–Crippen LogP) is 6.68. The Labute approximate surface area is 258 Å². The number of hydrogen-bond acceptors (Lipinski definition) is 7. The largest absolute Gasteiger partial charge is 0.748 e. The zero-order valence-electron chi connectivity index (χ0n) is 24.9. The topological polar surface area (TPSA) is 93.4 Å². The molecule has 2 heterocycles. The van der Waals surface area contributed by atoms with E-state index in [0.29, 0.717) is 13.0 Å². The van der Waals surface area contributed by atoms with Crippen molar-refractivity contribution in [2.75, 3.05) is 23.7 Å². The molecule has 3 aromatic rings. The SMILES string of the molecule is CCCNC(=O)CCCCCN1C(=CC(C)=Cc2sc3ccc(C)cc3[n+]2CCCS(=O)(=O)[O-])Sc2ccc(C)cc21. The molecule has 0 fully saturated rings. The second-order valence-corrected chi connectivity index (χ2v) is 14.6. The highest BCUT2D eigenvalue weighted by atomic mass is 32.2. The van der Waals surface area contributed by atoms with Crippen molar-refractivity contribution in [2.24, 2.45) is 0 Å². The van der Waals surface area contributed by atoms with Gasteiger partial charge in [-0.15, -0.1) is 0 Å². The standard InChI is InChI=1S/C32H41N3O4S3/c1-5-15-33-30(36)10-7-6-8-16-34-26-19-23(2)11-13-28(26)40-31(34)21-25(4)22-32-35(17-9-18-42(37,38)39)27-20-24(3)12-14-29(27)41-32/h11-14,19-22H,5-10,15-18H2,1-4H3,(H-,33,36,37,38,39). The molecule has 0 saturated carbocycles. The Hall–Kier alpha value is -2.66. The van der Waals surface area contributed by atoms with Crippen molar-refractivity contribution >= 4 is 61.1 Å². The van der Waals surface area contributed by atoms with Crippen LogP contribution < -0.4 is 14.8 Å². The van der Waals surface area contributed by atoms with Gasteiger partial charge in [0.1, 0.15) is 4.70 Å². The summed E-state index contributed by atoms with van der Waals surface area (Å²) in [5.41, 5.74) is 5.73. The first-order chi connectivity index (χ1) is 20.0. The number of anilines is 1. The van der Waals surface area contributed by atoms with Gasteiger partial charge in [-0.25, -0.2) is 8.42 Å². The predicted molar refractivity (Wildman–Crippen MR) is 174 cm³/mol. The van der Waals surface area contributed by atoms with Gasteiger partial charge in [-0.2, -0.15) is 4.57 Å². The molecule has 1 aliphatic rings. The lowest BCUT2D eigenvalue weighted by Crippen LogP contribution is -2.36. The average Bonchev–Trinajstić information content (AvgIpc) is 3.42. The van der Waals surface area contributed by atoms with Crippen LogP contribution in [0.15, 0.2) is 58.0 Å². The van der Waals surface area contributed by atoms with Crippen LogP contribution in [0.5, 0.6) is 0 Å². The first kappa shape index (κ1) is 32.3. The molecular formula is C32H41N3O4S3. The number of carbonyl (C=O) groups is 1. The van der Waals surface area contributed by atoms with Crippen molar-refractivity contribution in [3.05, 3.63) is 69.2 Å². The molecule has 2 aromatic carbocycles. The number of nitrogens with one attached hydrogen (secondary N) is 1. The molecule has 0 bridgehead atoms. The van der Waals surface area contributed by atoms with Gasteiger partial charge in [0.15, 0.2) is 6.54 Å². The van der Waals surface area contributed by atoms with Crippen molar-refractivity contribution in [1.82, 2.24) is 5.32 Å². The number of nitrogens with zero attached hydrogens (tertiary/aromatic N) is 2. The van der Waals surface area contributed by atoms with E-state index >= 15 is 0 Å². The van der Waals surface area contributed by atoms with Gasteiger partial charge in [-0.3, -0.25) is 4.79 Å². The van der Waals surface area contributed by atoms with Crippen LogP contribution in [0.3, 0.4) is 0 Å². The fraction of sp³-hybridized carbons (Fsp3) is 0.438. The smallest absolute Gasteiger partial charge is 0.263 e. The van der Waals surface area contributed by atoms with E-state index in [4.69, 9.17) is 0 Å². The number of aromatic nitrogens is 1. The molecule has 4 rings (SSSR count). The van der Waals surface area contributed by atoms with E-state index in [0.717, 1.165) is 65.1 Å². The normalized spacial score (nSPS) is 14.6. The van der Waals surface area contributed by atoms with E-state index in [-0.39, 0.29) is 18.1 Å². The molecule has 0 unspecified atom stereocenters. The van der Waals surface area contributed by atoms with Crippen LogP contribution in [0.2, 0.25) is 0 Å². The molecule has 42 heavy (non-hydrogen) atoms. The number of unbranched alkanes of at least 4 members (excludes halogenated alkanes) is 2. The number of fused-ring (bicyclic) bond motifs is 2. The Balaban J connectivity index is 1.54. The highest BCUT2D eigenvalue weighted by molar-refractivity contribution is 8.03. The van der Waals surface area contributed by atoms with Gasteiger partial charge < -0.3 is 14.8 Å². The lowest BCUT2D eigenvalue weighted by atomic mass is 10.1. The number of thioether (sulfide) groups is 1. The van der Waals surface area contributed by atoms with Crippen molar-refractivity contribution < 1.29 is 22.3 Å². The van der Waals surface area contributed by atoms with E-state index in [1.165, 1.54) is 21.2 Å². The third-order valence-electron chi connectivity index (χ3n) is 7.11. The Morgan fingerprint density at radius 1 is 1.07 bits per heavy atom. The number of hydrogen-bond donors (Lipinski definition) is 1. The number of benzene rings is 2. The molecule has 10 heteroatoms. The lowest BCUT2D eigenvalue weighted by molar-refractivity contribution is -0.668. The van der Waals surface area contributed by atoms with Gasteiger partial charge in [0, 0.05) is 48.7 Å². The summed E-state index contributed by atoms with van der Waals surface area (Å²) in [4.78, 5) is 15.6. The third-order valence-corrected chi connectivity index (χ3v) is 10.1. The minimum Gasteiger partial charge on any atom is -0.748 e. The molecule has 226 valence electrons. The fourth-order valence-electron chi connectivity index (χ4n) is 5.01. The molecule has 1 aromatic heterocycles. The second-order valence-electron chi connectivity index (χ2n) is 10.9. The van der Waals surface area contributed by atoms with Gasteiger partial charge in [-0.05, 0) is 81.0 Å². The van der Waals surface area contributed by atoms with Crippen molar-refractivity contribution in [1.29, 1.82) is 0 Å². The summed E-state index contributed by atoms with van der Waals surface area (Å²) in [5.74, 6) is -0.235. The maximum absolute atomic E-state index is 12.0. The summed E-state index contributed by atoms with van der Waals surface area (Å²) >= 11 is 3.44. The van der Waals surface area contributed by atoms with Crippen molar-refractivity contribution in [2.45, 2.75) is 77.7 Å². The van der Waals surface area contributed by atoms with Gasteiger partial charge in [0.05, 0.1) is 20.8 Å². The molecule has 0 aliphatic carbocycles. The van der Waals surface area contributed by atoms with Crippen LogP contribution >= 0.6 is 23.1 Å². The molecule has 1 amide bonds. The van der Waals surface area contributed by atoms with Crippen LogP contribution in [0.1, 0.15) is 68.5 Å². The summed E-state index contributed by atoms with van der Waals surface area (Å²) in [7, 11) is -4.26. The molecule has 1 aliphatic heterocycles. The molecule has 1 N–H and O–H groups in total. The monoisotopic (exact) mass is 627 g/mol. The van der Waals surface area contributed by atoms with E-state index in [1.807, 2.05) is 6.92 Å². The molecule has 0 atom stereocenters. The quantitative estimate of drug-likeness (QED) is 0.122. The van der Waals surface area contributed by atoms with Crippen LogP contribution in [-0.2, 0) is 21.5 Å². The number of amides is 1. The van der Waals surface area contributed by atoms with Crippen molar-refractivity contribution in [3.63, 3.8) is 0 Å². The number of allylic oxidation sites excluding steroid dienone is 2. The Bertz CT molecular complexity index is 1590. The summed E-state index contributed by atoms with van der Waals surface area (Å²) < 4.78 is 37.0. The Kier molecular flexibility index (Phi) is 11.3. The first-order valence-electron chi connectivity index (χ1n) is 14.6. The van der Waals surface area contributed by atoms with E-state index in [2.05, 4.69) is 84.1 Å². The summed E-state index contributed by atoms with van der Waals surface area (Å²) in [6.45, 7) is 10.4. The Morgan fingerprint density at radius 2 is 1.83 bits per heavy atom. The van der Waals surface area contributed by atoms with Gasteiger partial charge in [0.25, 0.3) is 5.01 Å². The number of rotatable bonds is 14. The number of thiazole rings is 1. The first-order valence-corrected chi connectivity index (χ1v) is 17.8. The Morgan fingerprint density at radius 3 is 2.60 bits per heavy atom. The van der Waals surface area contributed by atoms with Crippen LogP contribution in [0.25, 0.3) is 16.3 Å². The molecular weight excluding hydrogens is 587 g/mol. The summed E-state index contributed by atoms with van der Waals surface area (Å²) in [6, 6.07) is 12.9. The minimum atomic E-state index is -4.26. The third kappa shape index (κ3) is 8.92. The molecule has 0 saturated heterocycles. The van der Waals surface area contributed by atoms with E-state index in [9.17, 15) is 17.8 Å². The zero-order chi connectivity index (χ0) is 30.3. The number of carbonyl (C=O) groups excluding carboxylic acids is 1. The van der Waals surface area contributed by atoms with Crippen molar-refractivity contribution in [3.8, 4) is 0 Å². The maximum Gasteiger partial charge on any atom is 0.263 e. The number of aryl methyl sites for hydroxylation is 3. The van der Waals surface area contributed by atoms with Crippen LogP contribution in [-0.4, -0.2) is 37.7 Å². The van der Waals surface area contributed by atoms with E-state index < -0.39 is 10.1 Å². The average molecular weight is 628 g/mol. The summed E-state index contributed by atoms with van der Waals surface area (Å²) in [6.07, 6.45) is 9.04. The second kappa shape index (κ2) is 14.7. The summed E-state index contributed by atoms with van der Waals surface area (Å²) in [5, 5.41) is 5.15. The molecule has 7 nitrogen and oxygen atoms in total. The van der Waals surface area contributed by atoms with Crippen LogP contribution in [0, 0.1) is 13.8 Å². The highest BCUT2D eigenvalue weighted by Crippen LogP contribution is 2.47. The lowest BCUT2D eigenvalue weighted by Gasteiger charge is -2.21. The maximum atomic E-state index is 12.0. The molecule has 0 radical (unpaired) electrons. The molecule has 0 spiro atoms. The van der Waals surface area contributed by atoms with Gasteiger partial charge in [-0.1, -0.05) is 48.6 Å². The van der Waals surface area contributed by atoms with Gasteiger partial charge in [0.2, 0.25) is 11.4 Å². The van der Waals surface area contributed by atoms with Crippen LogP contribution in [0.4, 0.5) is 5.69 Å². The zero-order valence-corrected chi connectivity index (χ0v) is 27.4. The van der Waals surface area contributed by atoms with E-state index in [1.54, 1.807) is 23.1 Å². The van der Waals surface area contributed by atoms with Gasteiger partial charge >= 0.3 is 0 Å². The minimum absolute atomic E-state index is 0.138. The highest BCUT2D eigenvalue weighted by Gasteiger charge is 2.25.